The Morgan fingerprint density at radius 1 is 1.30 bits per heavy atom. The summed E-state index contributed by atoms with van der Waals surface area (Å²) in [4.78, 5) is 2.64. The van der Waals surface area contributed by atoms with Gasteiger partial charge in [0.25, 0.3) is 0 Å². The number of piperazine rings is 1. The van der Waals surface area contributed by atoms with Gasteiger partial charge in [-0.25, -0.2) is 0 Å². The van der Waals surface area contributed by atoms with Gasteiger partial charge in [-0.3, -0.25) is 4.90 Å². The van der Waals surface area contributed by atoms with Crippen LogP contribution in [-0.4, -0.2) is 30.1 Å². The van der Waals surface area contributed by atoms with E-state index in [-0.39, 0.29) is 0 Å². The van der Waals surface area contributed by atoms with Gasteiger partial charge in [0.1, 0.15) is 0 Å². The van der Waals surface area contributed by atoms with E-state index in [2.05, 4.69) is 63.0 Å². The fourth-order valence-electron chi connectivity index (χ4n) is 3.13. The average molecular weight is 274 g/mol. The van der Waals surface area contributed by atoms with Gasteiger partial charge in [-0.05, 0) is 44.2 Å². The lowest BCUT2D eigenvalue weighted by Gasteiger charge is -2.39. The topological polar surface area (TPSA) is 15.3 Å². The van der Waals surface area contributed by atoms with E-state index in [1.807, 2.05) is 0 Å². The molecule has 1 fully saturated rings. The molecule has 0 saturated carbocycles. The first kappa shape index (κ1) is 15.5. The molecule has 1 aliphatic rings. The quantitative estimate of drug-likeness (QED) is 0.904. The van der Waals surface area contributed by atoms with Gasteiger partial charge in [0.15, 0.2) is 0 Å². The van der Waals surface area contributed by atoms with Crippen LogP contribution in [0.3, 0.4) is 0 Å². The Hall–Kier alpha value is -0.860. The van der Waals surface area contributed by atoms with Crippen LogP contribution in [0.4, 0.5) is 0 Å². The van der Waals surface area contributed by atoms with Crippen LogP contribution in [0.25, 0.3) is 0 Å². The van der Waals surface area contributed by atoms with Crippen LogP contribution in [0.1, 0.15) is 43.9 Å². The molecule has 0 aromatic heterocycles. The predicted octanol–water partition coefficient (Wildman–Crippen LogP) is 3.51. The Balaban J connectivity index is 2.04. The maximum Gasteiger partial charge on any atom is 0.0240 e. The lowest BCUT2D eigenvalue weighted by molar-refractivity contribution is 0.124. The minimum Gasteiger partial charge on any atom is -0.311 e. The van der Waals surface area contributed by atoms with Crippen LogP contribution >= 0.6 is 0 Å². The minimum absolute atomic E-state index is 0.623. The molecule has 0 amide bonds. The highest BCUT2D eigenvalue weighted by molar-refractivity contribution is 5.30. The first-order valence-corrected chi connectivity index (χ1v) is 7.99. The molecule has 0 bridgehead atoms. The van der Waals surface area contributed by atoms with E-state index in [1.165, 1.54) is 29.7 Å². The van der Waals surface area contributed by atoms with Gasteiger partial charge in [-0.1, -0.05) is 37.6 Å². The number of benzene rings is 1. The number of hydrogen-bond donors (Lipinski definition) is 1. The molecule has 1 N–H and O–H groups in total. The first-order valence-electron chi connectivity index (χ1n) is 7.99. The van der Waals surface area contributed by atoms with E-state index < -0.39 is 0 Å². The second-order valence-corrected chi connectivity index (χ2v) is 6.94. The van der Waals surface area contributed by atoms with E-state index in [0.29, 0.717) is 12.1 Å². The van der Waals surface area contributed by atoms with Crippen molar-refractivity contribution >= 4 is 0 Å². The monoisotopic (exact) mass is 274 g/mol. The molecule has 0 spiro atoms. The summed E-state index contributed by atoms with van der Waals surface area (Å²) in [5.74, 6) is 0.767. The van der Waals surface area contributed by atoms with Crippen LogP contribution in [0.15, 0.2) is 18.2 Å². The van der Waals surface area contributed by atoms with Gasteiger partial charge in [0.05, 0.1) is 0 Å². The van der Waals surface area contributed by atoms with Crippen molar-refractivity contribution in [2.45, 2.75) is 59.7 Å². The highest BCUT2D eigenvalue weighted by atomic mass is 15.2. The van der Waals surface area contributed by atoms with Gasteiger partial charge < -0.3 is 5.32 Å². The van der Waals surface area contributed by atoms with Crippen LogP contribution in [0.5, 0.6) is 0 Å². The zero-order valence-corrected chi connectivity index (χ0v) is 13.7. The molecule has 0 radical (unpaired) electrons. The van der Waals surface area contributed by atoms with Crippen molar-refractivity contribution in [3.63, 3.8) is 0 Å². The minimum atomic E-state index is 0.623. The smallest absolute Gasteiger partial charge is 0.0240 e. The number of rotatable bonds is 4. The molecule has 2 unspecified atom stereocenters. The summed E-state index contributed by atoms with van der Waals surface area (Å²) in [6, 6.07) is 8.08. The van der Waals surface area contributed by atoms with Gasteiger partial charge in [0.2, 0.25) is 0 Å². The third-order valence-electron chi connectivity index (χ3n) is 4.41. The summed E-state index contributed by atoms with van der Waals surface area (Å²) in [5.41, 5.74) is 4.27. The van der Waals surface area contributed by atoms with Gasteiger partial charge >= 0.3 is 0 Å². The normalized spacial score (nSPS) is 24.3. The molecular formula is C18H30N2. The van der Waals surface area contributed by atoms with Crippen LogP contribution in [0.2, 0.25) is 0 Å². The number of hydrogen-bond acceptors (Lipinski definition) is 2. The molecule has 2 rings (SSSR count). The van der Waals surface area contributed by atoms with E-state index in [4.69, 9.17) is 0 Å². The average Bonchev–Trinajstić information content (AvgIpc) is 2.37. The maximum atomic E-state index is 3.70. The molecular weight excluding hydrogens is 244 g/mol. The number of nitrogens with zero attached hydrogens (tertiary/aromatic N) is 1. The van der Waals surface area contributed by atoms with Crippen molar-refractivity contribution in [1.82, 2.24) is 10.2 Å². The SMILES string of the molecule is Cc1ccc(C)c(CN2CC(CC(C)C)NCC2C)c1. The molecule has 2 nitrogen and oxygen atoms in total. The van der Waals surface area contributed by atoms with E-state index in [9.17, 15) is 0 Å². The number of nitrogens with one attached hydrogen (secondary N) is 1. The Morgan fingerprint density at radius 3 is 2.75 bits per heavy atom. The largest absolute Gasteiger partial charge is 0.311 e. The summed E-state index contributed by atoms with van der Waals surface area (Å²) in [5, 5.41) is 3.70. The summed E-state index contributed by atoms with van der Waals surface area (Å²) in [6.07, 6.45) is 1.27. The Morgan fingerprint density at radius 2 is 2.05 bits per heavy atom. The second kappa shape index (κ2) is 6.73. The molecule has 1 heterocycles. The van der Waals surface area contributed by atoms with Crippen molar-refractivity contribution in [2.24, 2.45) is 5.92 Å². The molecule has 1 aromatic carbocycles. The van der Waals surface area contributed by atoms with Gasteiger partial charge in [0, 0.05) is 31.7 Å². The van der Waals surface area contributed by atoms with Crippen molar-refractivity contribution in [1.29, 1.82) is 0 Å². The lowest BCUT2D eigenvalue weighted by atomic mass is 9.98. The van der Waals surface area contributed by atoms with Gasteiger partial charge in [-0.15, -0.1) is 0 Å². The zero-order valence-electron chi connectivity index (χ0n) is 13.7. The fourth-order valence-corrected chi connectivity index (χ4v) is 3.13. The van der Waals surface area contributed by atoms with Gasteiger partial charge in [-0.2, -0.15) is 0 Å². The van der Waals surface area contributed by atoms with E-state index >= 15 is 0 Å². The number of aryl methyl sites for hydroxylation is 2. The molecule has 1 saturated heterocycles. The van der Waals surface area contributed by atoms with E-state index in [0.717, 1.165) is 19.0 Å². The Kier molecular flexibility index (Phi) is 5.22. The van der Waals surface area contributed by atoms with Crippen molar-refractivity contribution in [3.8, 4) is 0 Å². The standard InChI is InChI=1S/C18H30N2/c1-13(2)8-18-12-20(16(5)10-19-18)11-17-9-14(3)6-7-15(17)4/h6-7,9,13,16,18-19H,8,10-12H2,1-5H3. The molecule has 1 aliphatic heterocycles. The molecule has 1 aromatic rings. The van der Waals surface area contributed by atoms with E-state index in [1.54, 1.807) is 0 Å². The van der Waals surface area contributed by atoms with Crippen LogP contribution in [0, 0.1) is 19.8 Å². The van der Waals surface area contributed by atoms with Crippen molar-refractivity contribution < 1.29 is 0 Å². The predicted molar refractivity (Wildman–Crippen MR) is 87.0 cm³/mol. The Labute approximate surface area is 124 Å². The third kappa shape index (κ3) is 4.07. The molecule has 20 heavy (non-hydrogen) atoms. The Bertz CT molecular complexity index is 439. The van der Waals surface area contributed by atoms with Crippen LogP contribution < -0.4 is 5.32 Å². The highest BCUT2D eigenvalue weighted by Gasteiger charge is 2.25. The molecule has 112 valence electrons. The molecule has 2 atom stereocenters. The summed E-state index contributed by atoms with van der Waals surface area (Å²) in [6.45, 7) is 14.8. The first-order chi connectivity index (χ1) is 9.45. The zero-order chi connectivity index (χ0) is 14.7. The highest BCUT2D eigenvalue weighted by Crippen LogP contribution is 2.19. The molecule has 2 heteroatoms. The third-order valence-corrected chi connectivity index (χ3v) is 4.41. The van der Waals surface area contributed by atoms with Crippen molar-refractivity contribution in [2.75, 3.05) is 13.1 Å². The van der Waals surface area contributed by atoms with Crippen LogP contribution in [-0.2, 0) is 6.54 Å². The summed E-state index contributed by atoms with van der Waals surface area (Å²) < 4.78 is 0. The maximum absolute atomic E-state index is 3.70. The second-order valence-electron chi connectivity index (χ2n) is 6.94. The molecule has 0 aliphatic carbocycles. The summed E-state index contributed by atoms with van der Waals surface area (Å²) >= 11 is 0. The summed E-state index contributed by atoms with van der Waals surface area (Å²) in [7, 11) is 0. The fraction of sp³-hybridized carbons (Fsp3) is 0.667. The lowest BCUT2D eigenvalue weighted by Crippen LogP contribution is -2.55. The van der Waals surface area contributed by atoms with Crippen molar-refractivity contribution in [3.05, 3.63) is 34.9 Å².